The summed E-state index contributed by atoms with van der Waals surface area (Å²) in [7, 11) is -2.70. The van der Waals surface area contributed by atoms with Crippen LogP contribution in [-0.2, 0) is 26.2 Å². The molecular weight excluding hydrogens is 430 g/mol. The van der Waals surface area contributed by atoms with Gasteiger partial charge < -0.3 is 10.2 Å². The van der Waals surface area contributed by atoms with Gasteiger partial charge in [0.15, 0.2) is 0 Å². The van der Waals surface area contributed by atoms with Gasteiger partial charge in [-0.1, -0.05) is 35.9 Å². The summed E-state index contributed by atoms with van der Waals surface area (Å²) in [5.41, 5.74) is 0.719. The van der Waals surface area contributed by atoms with Gasteiger partial charge >= 0.3 is 0 Å². The van der Waals surface area contributed by atoms with Crippen LogP contribution in [-0.4, -0.2) is 55.0 Å². The van der Waals surface area contributed by atoms with Crippen LogP contribution in [0.2, 0.25) is 5.02 Å². The molecule has 3 amide bonds. The van der Waals surface area contributed by atoms with Crippen LogP contribution < -0.4 is 5.32 Å². The van der Waals surface area contributed by atoms with E-state index in [4.69, 9.17) is 11.6 Å². The van der Waals surface area contributed by atoms with E-state index in [-0.39, 0.29) is 17.0 Å². The Morgan fingerprint density at radius 2 is 1.77 bits per heavy atom. The van der Waals surface area contributed by atoms with Gasteiger partial charge in [0, 0.05) is 18.6 Å². The first-order chi connectivity index (χ1) is 14.2. The van der Waals surface area contributed by atoms with E-state index in [1.54, 1.807) is 30.3 Å². The maximum Gasteiger partial charge on any atom is 0.269 e. The zero-order valence-electron chi connectivity index (χ0n) is 16.3. The Kier molecular flexibility index (Phi) is 6.14. The fourth-order valence-electron chi connectivity index (χ4n) is 3.18. The Balaban J connectivity index is 1.89. The summed E-state index contributed by atoms with van der Waals surface area (Å²) in [5, 5.41) is 2.99. The average molecular weight is 450 g/mol. The van der Waals surface area contributed by atoms with E-state index in [0.29, 0.717) is 14.9 Å². The second-order valence-corrected chi connectivity index (χ2v) is 9.02. The molecule has 0 aliphatic carbocycles. The number of likely N-dealkylation sites (N-methyl/N-ethyl adjacent to an activating group) is 1. The third-order valence-electron chi connectivity index (χ3n) is 4.87. The van der Waals surface area contributed by atoms with Crippen molar-refractivity contribution < 1.29 is 22.8 Å². The fourth-order valence-corrected chi connectivity index (χ4v) is 4.82. The molecule has 10 heteroatoms. The summed E-state index contributed by atoms with van der Waals surface area (Å²) >= 11 is 5.90. The predicted molar refractivity (Wildman–Crippen MR) is 110 cm³/mol. The van der Waals surface area contributed by atoms with Gasteiger partial charge in [0.05, 0.1) is 5.56 Å². The molecule has 0 saturated carbocycles. The van der Waals surface area contributed by atoms with Crippen LogP contribution in [0.25, 0.3) is 0 Å². The van der Waals surface area contributed by atoms with Crippen molar-refractivity contribution in [1.29, 1.82) is 0 Å². The number of carbonyl (C=O) groups excluding carboxylic acids is 3. The zero-order chi connectivity index (χ0) is 22.1. The minimum absolute atomic E-state index is 0.0221. The summed E-state index contributed by atoms with van der Waals surface area (Å²) in [6.07, 6.45) is 0. The number of halogens is 1. The van der Waals surface area contributed by atoms with Crippen LogP contribution in [0.15, 0.2) is 53.4 Å². The fraction of sp³-hybridized carbons (Fsp3) is 0.250. The van der Waals surface area contributed by atoms with Crippen LogP contribution in [0.4, 0.5) is 0 Å². The van der Waals surface area contributed by atoms with Gasteiger partial charge in [-0.15, -0.1) is 0 Å². The van der Waals surface area contributed by atoms with Gasteiger partial charge in [-0.25, -0.2) is 12.7 Å². The van der Waals surface area contributed by atoms with Gasteiger partial charge in [-0.05, 0) is 36.8 Å². The first-order valence-electron chi connectivity index (χ1n) is 9.08. The monoisotopic (exact) mass is 449 g/mol. The van der Waals surface area contributed by atoms with Crippen molar-refractivity contribution in [1.82, 2.24) is 14.5 Å². The van der Waals surface area contributed by atoms with Gasteiger partial charge in [0.1, 0.15) is 17.5 Å². The molecule has 2 aromatic carbocycles. The molecule has 0 saturated heterocycles. The molecule has 3 rings (SSSR count). The molecule has 0 bridgehead atoms. The summed E-state index contributed by atoms with van der Waals surface area (Å²) in [6, 6.07) is 11.6. The molecule has 1 atom stereocenters. The van der Waals surface area contributed by atoms with Crippen LogP contribution in [0.1, 0.15) is 22.8 Å². The molecule has 0 radical (unpaired) electrons. The van der Waals surface area contributed by atoms with Gasteiger partial charge in [-0.2, -0.15) is 0 Å². The van der Waals surface area contributed by atoms with Crippen molar-refractivity contribution in [3.63, 3.8) is 0 Å². The summed E-state index contributed by atoms with van der Waals surface area (Å²) in [4.78, 5) is 39.0. The maximum absolute atomic E-state index is 13.1. The molecule has 1 aliphatic heterocycles. The number of nitrogens with one attached hydrogen (secondary N) is 1. The van der Waals surface area contributed by atoms with E-state index in [2.05, 4.69) is 5.32 Å². The van der Waals surface area contributed by atoms with Crippen molar-refractivity contribution in [2.24, 2.45) is 0 Å². The number of hydrogen-bond acceptors (Lipinski definition) is 5. The lowest BCUT2D eigenvalue weighted by atomic mass is 10.1. The van der Waals surface area contributed by atoms with E-state index >= 15 is 0 Å². The second kappa shape index (κ2) is 8.45. The van der Waals surface area contributed by atoms with Gasteiger partial charge in [-0.3, -0.25) is 14.4 Å². The molecule has 2 aromatic rings. The largest absolute Gasteiger partial charge is 0.357 e. The van der Waals surface area contributed by atoms with Crippen molar-refractivity contribution in [2.45, 2.75) is 24.4 Å². The van der Waals surface area contributed by atoms with Crippen molar-refractivity contribution in [3.8, 4) is 0 Å². The lowest BCUT2D eigenvalue weighted by Gasteiger charge is -2.29. The van der Waals surface area contributed by atoms with Crippen molar-refractivity contribution in [3.05, 3.63) is 64.7 Å². The number of rotatable bonds is 6. The molecule has 1 N–H and O–H groups in total. The minimum atomic E-state index is -4.14. The predicted octanol–water partition coefficient (Wildman–Crippen LogP) is 1.65. The highest BCUT2D eigenvalue weighted by Crippen LogP contribution is 2.30. The topological polar surface area (TPSA) is 104 Å². The van der Waals surface area contributed by atoms with Crippen molar-refractivity contribution in [2.75, 3.05) is 13.6 Å². The molecule has 158 valence electrons. The van der Waals surface area contributed by atoms with Crippen LogP contribution in [0.5, 0.6) is 0 Å². The smallest absolute Gasteiger partial charge is 0.269 e. The number of amides is 3. The summed E-state index contributed by atoms with van der Waals surface area (Å²) in [6.45, 7) is 0.867. The Labute approximate surface area is 179 Å². The lowest BCUT2D eigenvalue weighted by molar-refractivity contribution is -0.140. The third kappa shape index (κ3) is 4.03. The lowest BCUT2D eigenvalue weighted by Crippen LogP contribution is -2.50. The molecule has 30 heavy (non-hydrogen) atoms. The highest BCUT2D eigenvalue weighted by atomic mass is 35.5. The first kappa shape index (κ1) is 21.8. The van der Waals surface area contributed by atoms with Crippen LogP contribution >= 0.6 is 11.6 Å². The van der Waals surface area contributed by atoms with E-state index in [1.165, 1.54) is 37.1 Å². The number of fused-ring (bicyclic) bond motifs is 1. The molecular formula is C20H20ClN3O5S. The number of sulfonamides is 1. The number of benzene rings is 2. The quantitative estimate of drug-likeness (QED) is 0.722. The van der Waals surface area contributed by atoms with E-state index < -0.39 is 40.3 Å². The summed E-state index contributed by atoms with van der Waals surface area (Å²) in [5.74, 6) is -1.86. The van der Waals surface area contributed by atoms with Crippen LogP contribution in [0.3, 0.4) is 0 Å². The van der Waals surface area contributed by atoms with E-state index in [9.17, 15) is 22.8 Å². The average Bonchev–Trinajstić information content (AvgIpc) is 2.93. The normalized spacial score (nSPS) is 15.4. The molecule has 0 spiro atoms. The maximum atomic E-state index is 13.1. The highest BCUT2D eigenvalue weighted by Gasteiger charge is 2.43. The molecule has 8 nitrogen and oxygen atoms in total. The standard InChI is InChI=1S/C20H20ClN3O5S/c1-13(19(26)22-2)23(11-14-7-9-15(21)10-8-14)18(25)12-24-20(27)16-5-3-4-6-17(16)30(24,28)29/h3-10,13H,11-12H2,1-2H3,(H,22,26)/t13-/m1/s1. The second-order valence-electron chi connectivity index (χ2n) is 6.75. The molecule has 0 unspecified atom stereocenters. The molecule has 0 aromatic heterocycles. The van der Waals surface area contributed by atoms with Crippen LogP contribution in [0, 0.1) is 0 Å². The molecule has 1 aliphatic rings. The highest BCUT2D eigenvalue weighted by molar-refractivity contribution is 7.90. The van der Waals surface area contributed by atoms with E-state index in [0.717, 1.165) is 0 Å². The Hall–Kier alpha value is -2.91. The first-order valence-corrected chi connectivity index (χ1v) is 10.9. The number of nitrogens with zero attached hydrogens (tertiary/aromatic N) is 2. The zero-order valence-corrected chi connectivity index (χ0v) is 17.9. The Morgan fingerprint density at radius 3 is 2.37 bits per heavy atom. The number of hydrogen-bond donors (Lipinski definition) is 1. The minimum Gasteiger partial charge on any atom is -0.357 e. The molecule has 0 fully saturated rings. The van der Waals surface area contributed by atoms with E-state index in [1.807, 2.05) is 0 Å². The Morgan fingerprint density at radius 1 is 1.13 bits per heavy atom. The Bertz CT molecular complexity index is 1100. The van der Waals surface area contributed by atoms with Crippen molar-refractivity contribution >= 4 is 39.3 Å². The SMILES string of the molecule is CNC(=O)[C@@H](C)N(Cc1ccc(Cl)cc1)C(=O)CN1C(=O)c2ccccc2S1(=O)=O. The third-order valence-corrected chi connectivity index (χ3v) is 6.91. The number of carbonyl (C=O) groups is 3. The van der Waals surface area contributed by atoms with Gasteiger partial charge in [0.25, 0.3) is 15.9 Å². The van der Waals surface area contributed by atoms with Gasteiger partial charge in [0.2, 0.25) is 11.8 Å². The summed E-state index contributed by atoms with van der Waals surface area (Å²) < 4.78 is 26.0. The molecule has 1 heterocycles.